The zero-order valence-electron chi connectivity index (χ0n) is 14.5. The van der Waals surface area contributed by atoms with E-state index in [1.807, 2.05) is 61.3 Å². The normalized spacial score (nSPS) is 17.4. The molecule has 1 amide bonds. The second kappa shape index (κ2) is 6.24. The molecule has 2 aromatic carbocycles. The van der Waals surface area contributed by atoms with Crippen LogP contribution in [0.25, 0.3) is 11.0 Å². The molecule has 5 heteroatoms. The molecule has 1 aliphatic heterocycles. The van der Waals surface area contributed by atoms with Crippen LogP contribution in [-0.2, 0) is 11.8 Å². The van der Waals surface area contributed by atoms with E-state index in [0.717, 1.165) is 28.3 Å². The summed E-state index contributed by atoms with van der Waals surface area (Å²) >= 11 is 0. The summed E-state index contributed by atoms with van der Waals surface area (Å²) < 4.78 is 7.58. The number of carbonyl (C=O) groups excluding carboxylic acids is 1. The van der Waals surface area contributed by atoms with Crippen molar-refractivity contribution in [2.24, 2.45) is 7.05 Å². The molecule has 1 fully saturated rings. The average molecular weight is 335 g/mol. The number of aryl methyl sites for hydroxylation is 1. The molecular formula is C20H21N3O2. The van der Waals surface area contributed by atoms with Gasteiger partial charge in [-0.15, -0.1) is 0 Å². The van der Waals surface area contributed by atoms with Crippen LogP contribution in [0.15, 0.2) is 48.5 Å². The lowest BCUT2D eigenvalue weighted by Gasteiger charge is -2.17. The van der Waals surface area contributed by atoms with Crippen molar-refractivity contribution in [1.82, 2.24) is 9.55 Å². The summed E-state index contributed by atoms with van der Waals surface area (Å²) in [5.41, 5.74) is 2.99. The van der Waals surface area contributed by atoms with Gasteiger partial charge in [0.25, 0.3) is 0 Å². The fraction of sp³-hybridized carbons (Fsp3) is 0.300. The Bertz CT molecular complexity index is 914. The molecule has 1 saturated heterocycles. The number of anilines is 1. The number of imidazole rings is 1. The van der Waals surface area contributed by atoms with Crippen molar-refractivity contribution in [1.29, 1.82) is 0 Å². The highest BCUT2D eigenvalue weighted by molar-refractivity contribution is 5.96. The predicted octanol–water partition coefficient (Wildman–Crippen LogP) is 3.49. The van der Waals surface area contributed by atoms with E-state index in [1.165, 1.54) is 0 Å². The van der Waals surface area contributed by atoms with Crippen molar-refractivity contribution in [3.63, 3.8) is 0 Å². The lowest BCUT2D eigenvalue weighted by Crippen LogP contribution is -2.24. The van der Waals surface area contributed by atoms with Crippen LogP contribution in [0.1, 0.15) is 25.1 Å². The smallest absolute Gasteiger partial charge is 0.227 e. The summed E-state index contributed by atoms with van der Waals surface area (Å²) in [6.07, 6.45) is 0.490. The quantitative estimate of drug-likeness (QED) is 0.733. The number of fused-ring (bicyclic) bond motifs is 1. The van der Waals surface area contributed by atoms with Gasteiger partial charge in [-0.05, 0) is 43.3 Å². The van der Waals surface area contributed by atoms with Crippen LogP contribution in [0, 0.1) is 0 Å². The number of benzene rings is 2. The zero-order valence-corrected chi connectivity index (χ0v) is 14.5. The van der Waals surface area contributed by atoms with Crippen molar-refractivity contribution >= 4 is 22.6 Å². The van der Waals surface area contributed by atoms with Crippen LogP contribution >= 0.6 is 0 Å². The Labute approximate surface area is 146 Å². The summed E-state index contributed by atoms with van der Waals surface area (Å²) in [7, 11) is 2.02. The topological polar surface area (TPSA) is 47.4 Å². The Morgan fingerprint density at radius 1 is 1.16 bits per heavy atom. The molecule has 0 radical (unpaired) electrons. The molecule has 1 atom stereocenters. The molecule has 4 rings (SSSR count). The first-order chi connectivity index (χ1) is 12.2. The second-order valence-electron chi connectivity index (χ2n) is 6.35. The number of hydrogen-bond donors (Lipinski definition) is 0. The number of amides is 1. The van der Waals surface area contributed by atoms with Crippen molar-refractivity contribution in [2.75, 3.05) is 18.1 Å². The minimum Gasteiger partial charge on any atom is -0.494 e. The van der Waals surface area contributed by atoms with E-state index in [2.05, 4.69) is 10.6 Å². The van der Waals surface area contributed by atoms with Gasteiger partial charge in [-0.25, -0.2) is 4.98 Å². The van der Waals surface area contributed by atoms with Gasteiger partial charge < -0.3 is 14.2 Å². The summed E-state index contributed by atoms with van der Waals surface area (Å²) in [5, 5.41) is 0. The zero-order chi connectivity index (χ0) is 17.4. The average Bonchev–Trinajstić information content (AvgIpc) is 3.17. The molecule has 25 heavy (non-hydrogen) atoms. The van der Waals surface area contributed by atoms with Crippen LogP contribution in [0.5, 0.6) is 5.75 Å². The predicted molar refractivity (Wildman–Crippen MR) is 98.0 cm³/mol. The van der Waals surface area contributed by atoms with Gasteiger partial charge in [0.2, 0.25) is 5.91 Å². The second-order valence-corrected chi connectivity index (χ2v) is 6.35. The summed E-state index contributed by atoms with van der Waals surface area (Å²) in [5.74, 6) is 2.05. The number of rotatable bonds is 4. The van der Waals surface area contributed by atoms with E-state index in [9.17, 15) is 4.79 Å². The third-order valence-electron chi connectivity index (χ3n) is 4.77. The highest BCUT2D eigenvalue weighted by atomic mass is 16.5. The molecule has 1 aliphatic rings. The van der Waals surface area contributed by atoms with Gasteiger partial charge >= 0.3 is 0 Å². The largest absolute Gasteiger partial charge is 0.494 e. The molecular weight excluding hydrogens is 314 g/mol. The standard InChI is InChI=1S/C20H21N3O2/c1-3-25-16-10-8-15(9-11-16)23-13-14(12-19(23)24)20-21-17-6-4-5-7-18(17)22(20)2/h4-11,14H,3,12-13H2,1-2H3. The molecule has 3 aromatic rings. The van der Waals surface area contributed by atoms with Crippen molar-refractivity contribution in [3.05, 3.63) is 54.4 Å². The van der Waals surface area contributed by atoms with Gasteiger partial charge in [-0.1, -0.05) is 12.1 Å². The Balaban J connectivity index is 1.60. The van der Waals surface area contributed by atoms with Crippen LogP contribution < -0.4 is 9.64 Å². The maximum absolute atomic E-state index is 12.6. The number of carbonyl (C=O) groups is 1. The van der Waals surface area contributed by atoms with Crippen molar-refractivity contribution in [3.8, 4) is 5.75 Å². The minimum absolute atomic E-state index is 0.108. The number of hydrogen-bond acceptors (Lipinski definition) is 3. The molecule has 0 N–H and O–H groups in total. The molecule has 0 aliphatic carbocycles. The van der Waals surface area contributed by atoms with E-state index in [-0.39, 0.29) is 11.8 Å². The first-order valence-corrected chi connectivity index (χ1v) is 8.62. The summed E-state index contributed by atoms with van der Waals surface area (Å²) in [4.78, 5) is 19.2. The summed E-state index contributed by atoms with van der Waals surface area (Å²) in [6, 6.07) is 15.8. The molecule has 1 aromatic heterocycles. The van der Waals surface area contributed by atoms with Gasteiger partial charge in [0.1, 0.15) is 11.6 Å². The molecule has 5 nitrogen and oxygen atoms in total. The molecule has 0 bridgehead atoms. The maximum atomic E-state index is 12.6. The molecule has 1 unspecified atom stereocenters. The van der Waals surface area contributed by atoms with Crippen molar-refractivity contribution in [2.45, 2.75) is 19.3 Å². The number of para-hydroxylation sites is 2. The molecule has 128 valence electrons. The first kappa shape index (κ1) is 15.7. The molecule has 2 heterocycles. The molecule has 0 saturated carbocycles. The first-order valence-electron chi connectivity index (χ1n) is 8.62. The lowest BCUT2D eigenvalue weighted by atomic mass is 10.1. The van der Waals surface area contributed by atoms with E-state index < -0.39 is 0 Å². The van der Waals surface area contributed by atoms with Crippen LogP contribution in [0.3, 0.4) is 0 Å². The monoisotopic (exact) mass is 335 g/mol. The van der Waals surface area contributed by atoms with Gasteiger partial charge in [0.05, 0.1) is 17.6 Å². The maximum Gasteiger partial charge on any atom is 0.227 e. The highest BCUT2D eigenvalue weighted by Crippen LogP contribution is 2.33. The van der Waals surface area contributed by atoms with Gasteiger partial charge in [0, 0.05) is 31.6 Å². The van der Waals surface area contributed by atoms with Crippen LogP contribution in [-0.4, -0.2) is 28.6 Å². The van der Waals surface area contributed by atoms with E-state index in [4.69, 9.17) is 9.72 Å². The SMILES string of the molecule is CCOc1ccc(N2CC(c3nc4ccccc4n3C)CC2=O)cc1. The lowest BCUT2D eigenvalue weighted by molar-refractivity contribution is -0.117. The number of aromatic nitrogens is 2. The minimum atomic E-state index is 0.108. The van der Waals surface area contributed by atoms with E-state index in [0.29, 0.717) is 19.6 Å². The van der Waals surface area contributed by atoms with Gasteiger partial charge in [0.15, 0.2) is 0 Å². The third kappa shape index (κ3) is 2.76. The third-order valence-corrected chi connectivity index (χ3v) is 4.77. The fourth-order valence-corrected chi connectivity index (χ4v) is 3.55. The van der Waals surface area contributed by atoms with Crippen molar-refractivity contribution < 1.29 is 9.53 Å². The Morgan fingerprint density at radius 3 is 2.64 bits per heavy atom. The number of nitrogens with zero attached hydrogens (tertiary/aromatic N) is 3. The highest BCUT2D eigenvalue weighted by Gasteiger charge is 2.34. The van der Waals surface area contributed by atoms with Crippen LogP contribution in [0.4, 0.5) is 5.69 Å². The van der Waals surface area contributed by atoms with Gasteiger partial charge in [-0.2, -0.15) is 0 Å². The summed E-state index contributed by atoms with van der Waals surface area (Å²) in [6.45, 7) is 3.25. The Morgan fingerprint density at radius 2 is 1.92 bits per heavy atom. The Kier molecular flexibility index (Phi) is 3.92. The fourth-order valence-electron chi connectivity index (χ4n) is 3.55. The number of ether oxygens (including phenoxy) is 1. The van der Waals surface area contributed by atoms with Gasteiger partial charge in [-0.3, -0.25) is 4.79 Å². The van der Waals surface area contributed by atoms with E-state index >= 15 is 0 Å². The van der Waals surface area contributed by atoms with Crippen LogP contribution in [0.2, 0.25) is 0 Å². The molecule has 0 spiro atoms. The Hall–Kier alpha value is -2.82. The van der Waals surface area contributed by atoms with E-state index in [1.54, 1.807) is 0 Å².